The maximum atomic E-state index is 13.3. The van der Waals surface area contributed by atoms with E-state index in [1.54, 1.807) is 35.1 Å². The zero-order chi connectivity index (χ0) is 22.4. The van der Waals surface area contributed by atoms with Crippen molar-refractivity contribution in [2.45, 2.75) is 20.0 Å². The molecule has 31 heavy (non-hydrogen) atoms. The smallest absolute Gasteiger partial charge is 0.257 e. The first-order chi connectivity index (χ1) is 14.9. The average Bonchev–Trinajstić information content (AvgIpc) is 2.78. The first-order valence-corrected chi connectivity index (χ1v) is 10.5. The van der Waals surface area contributed by atoms with Crippen LogP contribution < -0.4 is 4.74 Å². The van der Waals surface area contributed by atoms with E-state index in [0.717, 1.165) is 0 Å². The molecule has 0 N–H and O–H groups in total. The Morgan fingerprint density at radius 3 is 2.58 bits per heavy atom. The second kappa shape index (κ2) is 10.4. The van der Waals surface area contributed by atoms with Crippen LogP contribution in [0.15, 0.2) is 48.5 Å². The summed E-state index contributed by atoms with van der Waals surface area (Å²) in [5, 5.41) is 0. The molecule has 1 heterocycles. The van der Waals surface area contributed by atoms with E-state index in [0.29, 0.717) is 49.7 Å². The second-order valence-electron chi connectivity index (χ2n) is 8.06. The Kier molecular flexibility index (Phi) is 7.63. The van der Waals surface area contributed by atoms with E-state index in [1.807, 2.05) is 19.9 Å². The molecule has 1 unspecified atom stereocenters. The number of hydrogen-bond acceptors (Lipinski definition) is 4. The van der Waals surface area contributed by atoms with Crippen LogP contribution in [0.4, 0.5) is 4.39 Å². The number of ether oxygens (including phenoxy) is 2. The molecular weight excluding hydrogens is 399 g/mol. The number of methoxy groups -OCH3 is 1. The van der Waals surface area contributed by atoms with Gasteiger partial charge in [0, 0.05) is 31.7 Å². The molecule has 166 valence electrons. The largest absolute Gasteiger partial charge is 0.496 e. The van der Waals surface area contributed by atoms with Crippen molar-refractivity contribution in [3.63, 3.8) is 0 Å². The van der Waals surface area contributed by atoms with E-state index < -0.39 is 0 Å². The topological polar surface area (TPSA) is 59.1 Å². The summed E-state index contributed by atoms with van der Waals surface area (Å²) in [7, 11) is 1.54. The van der Waals surface area contributed by atoms with Gasteiger partial charge in [-0.3, -0.25) is 9.59 Å². The van der Waals surface area contributed by atoms with Crippen LogP contribution in [0.5, 0.6) is 5.75 Å². The molecule has 0 radical (unpaired) electrons. The highest BCUT2D eigenvalue weighted by Crippen LogP contribution is 2.21. The van der Waals surface area contributed by atoms with Crippen molar-refractivity contribution in [1.29, 1.82) is 0 Å². The Hall–Kier alpha value is -2.93. The van der Waals surface area contributed by atoms with Crippen molar-refractivity contribution in [3.05, 3.63) is 65.5 Å². The molecule has 0 aliphatic carbocycles. The minimum absolute atomic E-state index is 0.119. The molecule has 1 saturated heterocycles. The van der Waals surface area contributed by atoms with Crippen molar-refractivity contribution in [3.8, 4) is 5.75 Å². The zero-order valence-electron chi connectivity index (χ0n) is 18.2. The fourth-order valence-corrected chi connectivity index (χ4v) is 3.71. The lowest BCUT2D eigenvalue weighted by molar-refractivity contribution is -0.0340. The summed E-state index contributed by atoms with van der Waals surface area (Å²) in [6, 6.07) is 12.7. The van der Waals surface area contributed by atoms with Crippen molar-refractivity contribution in [2.75, 3.05) is 39.9 Å². The van der Waals surface area contributed by atoms with Gasteiger partial charge in [-0.1, -0.05) is 26.0 Å². The SMILES string of the molecule is COc1ccccc1C(=O)N1CCOC(CN(CC(C)C)C(=O)c2ccc(F)cc2)C1. The maximum absolute atomic E-state index is 13.3. The van der Waals surface area contributed by atoms with Crippen molar-refractivity contribution in [2.24, 2.45) is 5.92 Å². The highest BCUT2D eigenvalue weighted by Gasteiger charge is 2.29. The number of halogens is 1. The van der Waals surface area contributed by atoms with E-state index >= 15 is 0 Å². The van der Waals surface area contributed by atoms with Gasteiger partial charge >= 0.3 is 0 Å². The molecule has 1 fully saturated rings. The van der Waals surface area contributed by atoms with Gasteiger partial charge in [-0.05, 0) is 42.3 Å². The molecule has 1 aliphatic rings. The molecule has 1 aliphatic heterocycles. The number of rotatable bonds is 7. The van der Waals surface area contributed by atoms with E-state index in [4.69, 9.17) is 9.47 Å². The highest BCUT2D eigenvalue weighted by atomic mass is 19.1. The number of carbonyl (C=O) groups is 2. The lowest BCUT2D eigenvalue weighted by Crippen LogP contribution is -2.51. The predicted octanol–water partition coefficient (Wildman–Crippen LogP) is 3.47. The van der Waals surface area contributed by atoms with Gasteiger partial charge in [-0.25, -0.2) is 4.39 Å². The average molecular weight is 429 g/mol. The molecule has 3 rings (SSSR count). The van der Waals surface area contributed by atoms with Crippen molar-refractivity contribution in [1.82, 2.24) is 9.80 Å². The molecule has 2 amide bonds. The Labute approximate surface area is 182 Å². The fourth-order valence-electron chi connectivity index (χ4n) is 3.71. The van der Waals surface area contributed by atoms with Gasteiger partial charge < -0.3 is 19.3 Å². The van der Waals surface area contributed by atoms with Gasteiger partial charge in [0.05, 0.1) is 25.4 Å². The van der Waals surface area contributed by atoms with E-state index in [1.165, 1.54) is 24.3 Å². The Morgan fingerprint density at radius 1 is 1.19 bits per heavy atom. The van der Waals surface area contributed by atoms with Crippen LogP contribution in [0, 0.1) is 11.7 Å². The van der Waals surface area contributed by atoms with Gasteiger partial charge in [0.2, 0.25) is 0 Å². The first kappa shape index (κ1) is 22.7. The Balaban J connectivity index is 1.72. The third-order valence-electron chi connectivity index (χ3n) is 5.15. The van der Waals surface area contributed by atoms with E-state index in [9.17, 15) is 14.0 Å². The summed E-state index contributed by atoms with van der Waals surface area (Å²) in [4.78, 5) is 29.5. The van der Waals surface area contributed by atoms with E-state index in [-0.39, 0.29) is 29.7 Å². The summed E-state index contributed by atoms with van der Waals surface area (Å²) in [5.41, 5.74) is 0.937. The lowest BCUT2D eigenvalue weighted by Gasteiger charge is -2.36. The summed E-state index contributed by atoms with van der Waals surface area (Å²) in [5.74, 6) is 0.104. The van der Waals surface area contributed by atoms with Crippen LogP contribution in [0.2, 0.25) is 0 Å². The number of para-hydroxylation sites is 1. The van der Waals surface area contributed by atoms with Gasteiger partial charge in [0.15, 0.2) is 0 Å². The van der Waals surface area contributed by atoms with E-state index in [2.05, 4.69) is 0 Å². The van der Waals surface area contributed by atoms with Crippen molar-refractivity contribution < 1.29 is 23.5 Å². The first-order valence-electron chi connectivity index (χ1n) is 10.5. The van der Waals surface area contributed by atoms with Gasteiger partial charge in [0.1, 0.15) is 11.6 Å². The second-order valence-corrected chi connectivity index (χ2v) is 8.06. The normalized spacial score (nSPS) is 16.3. The van der Waals surface area contributed by atoms with Crippen LogP contribution in [0.3, 0.4) is 0 Å². The predicted molar refractivity (Wildman–Crippen MR) is 116 cm³/mol. The fraction of sp³-hybridized carbons (Fsp3) is 0.417. The van der Waals surface area contributed by atoms with Crippen LogP contribution >= 0.6 is 0 Å². The summed E-state index contributed by atoms with van der Waals surface area (Å²) in [6.45, 7) is 6.20. The molecule has 0 bridgehead atoms. The van der Waals surface area contributed by atoms with Crippen LogP contribution in [-0.2, 0) is 4.74 Å². The molecule has 6 nitrogen and oxygen atoms in total. The maximum Gasteiger partial charge on any atom is 0.257 e. The Morgan fingerprint density at radius 2 is 1.90 bits per heavy atom. The third kappa shape index (κ3) is 5.82. The van der Waals surface area contributed by atoms with Gasteiger partial charge in [0.25, 0.3) is 11.8 Å². The monoisotopic (exact) mass is 428 g/mol. The number of benzene rings is 2. The highest BCUT2D eigenvalue weighted by molar-refractivity contribution is 5.97. The van der Waals surface area contributed by atoms with Crippen LogP contribution in [-0.4, -0.2) is 67.6 Å². The standard InChI is InChI=1S/C24H29FN2O4/c1-17(2)14-27(23(28)18-8-10-19(25)11-9-18)16-20-15-26(12-13-31-20)24(29)21-6-4-5-7-22(21)30-3/h4-11,17,20H,12-16H2,1-3H3. The number of hydrogen-bond donors (Lipinski definition) is 0. The summed E-state index contributed by atoms with van der Waals surface area (Å²) in [6.07, 6.45) is -0.310. The number of morpholine rings is 1. The number of carbonyl (C=O) groups excluding carboxylic acids is 2. The van der Waals surface area contributed by atoms with Crippen LogP contribution in [0.1, 0.15) is 34.6 Å². The minimum atomic E-state index is -0.381. The molecule has 0 aromatic heterocycles. The Bertz CT molecular complexity index is 901. The van der Waals surface area contributed by atoms with Gasteiger partial charge in [-0.15, -0.1) is 0 Å². The van der Waals surface area contributed by atoms with Crippen molar-refractivity contribution >= 4 is 11.8 Å². The molecule has 2 aromatic rings. The van der Waals surface area contributed by atoms with Crippen LogP contribution in [0.25, 0.3) is 0 Å². The summed E-state index contributed by atoms with van der Waals surface area (Å²) < 4.78 is 24.5. The number of amides is 2. The zero-order valence-corrected chi connectivity index (χ0v) is 18.2. The lowest BCUT2D eigenvalue weighted by atomic mass is 10.1. The molecular formula is C24H29FN2O4. The van der Waals surface area contributed by atoms with Gasteiger partial charge in [-0.2, -0.15) is 0 Å². The third-order valence-corrected chi connectivity index (χ3v) is 5.15. The number of nitrogens with zero attached hydrogens (tertiary/aromatic N) is 2. The molecule has 0 spiro atoms. The molecule has 1 atom stereocenters. The quantitative estimate of drug-likeness (QED) is 0.678. The molecule has 2 aromatic carbocycles. The molecule has 0 saturated carbocycles. The summed E-state index contributed by atoms with van der Waals surface area (Å²) >= 11 is 0. The molecule has 7 heteroatoms. The minimum Gasteiger partial charge on any atom is -0.496 e.